The van der Waals surface area contributed by atoms with Crippen LogP contribution in [-0.4, -0.2) is 31.0 Å². The van der Waals surface area contributed by atoms with Gasteiger partial charge in [-0.15, -0.1) is 15.3 Å². The number of anilines is 1. The van der Waals surface area contributed by atoms with Crippen molar-refractivity contribution in [2.45, 2.75) is 44.4 Å². The lowest BCUT2D eigenvalue weighted by atomic mass is 10.0. The van der Waals surface area contributed by atoms with Crippen LogP contribution in [0, 0.1) is 6.92 Å². The number of nitrogen functional groups attached to an aromatic ring is 1. The second-order valence-corrected chi connectivity index (χ2v) is 11.7. The van der Waals surface area contributed by atoms with Crippen LogP contribution in [-0.2, 0) is 20.2 Å². The number of hydrogen-bond acceptors (Lipinski definition) is 10. The maximum absolute atomic E-state index is 12.2. The molecule has 0 aliphatic rings. The zero-order valence-corrected chi connectivity index (χ0v) is 26.8. The monoisotopic (exact) mass is 651 g/mol. The van der Waals surface area contributed by atoms with Crippen LogP contribution in [0.3, 0.4) is 0 Å². The van der Waals surface area contributed by atoms with Gasteiger partial charge in [-0.3, -0.25) is 9.11 Å². The third-order valence-corrected chi connectivity index (χ3v) is 8.03. The summed E-state index contributed by atoms with van der Waals surface area (Å²) in [5.41, 5.74) is 5.95. The van der Waals surface area contributed by atoms with Crippen LogP contribution in [0.2, 0.25) is 0 Å². The Morgan fingerprint density at radius 2 is 1.27 bits per heavy atom. The molecule has 5 rings (SSSR count). The first kappa shape index (κ1) is 34.7. The van der Waals surface area contributed by atoms with Crippen molar-refractivity contribution >= 4 is 70.2 Å². The number of azo groups is 2. The highest BCUT2D eigenvalue weighted by Gasteiger charge is 2.25. The van der Waals surface area contributed by atoms with E-state index in [1.807, 2.05) is 27.7 Å². The summed E-state index contributed by atoms with van der Waals surface area (Å²) in [4.78, 5) is -1.08. The van der Waals surface area contributed by atoms with Crippen molar-refractivity contribution in [3.8, 4) is 5.75 Å². The summed E-state index contributed by atoms with van der Waals surface area (Å²) in [7, 11) is -9.53. The number of fused-ring (bicyclic) bond motifs is 2. The normalized spacial score (nSPS) is 11.8. The Labute approximate surface area is 261 Å². The van der Waals surface area contributed by atoms with E-state index in [0.717, 1.165) is 6.07 Å². The number of phenols is 1. The molecule has 0 heterocycles. The van der Waals surface area contributed by atoms with Crippen molar-refractivity contribution in [2.75, 3.05) is 5.73 Å². The first-order chi connectivity index (χ1) is 21.4. The van der Waals surface area contributed by atoms with Gasteiger partial charge in [0.05, 0.1) is 16.8 Å². The van der Waals surface area contributed by atoms with Crippen LogP contribution in [0.5, 0.6) is 5.75 Å². The predicted octanol–water partition coefficient (Wildman–Crippen LogP) is 8.97. The van der Waals surface area contributed by atoms with E-state index in [0.29, 0.717) is 16.6 Å². The number of aryl methyl sites for hydroxylation is 1. The number of nitrogens with two attached hydrogens (primary N) is 1. The van der Waals surface area contributed by atoms with Crippen molar-refractivity contribution in [3.05, 3.63) is 84.4 Å². The summed E-state index contributed by atoms with van der Waals surface area (Å²) in [6.45, 7) is 9.55. The minimum absolute atomic E-state index is 0.0486. The number of benzene rings is 5. The van der Waals surface area contributed by atoms with Gasteiger partial charge >= 0.3 is 0 Å². The van der Waals surface area contributed by atoms with Gasteiger partial charge in [0.15, 0.2) is 5.75 Å². The smallest absolute Gasteiger partial charge is 0.297 e. The maximum atomic E-state index is 12.2. The predicted molar refractivity (Wildman–Crippen MR) is 176 cm³/mol. The fourth-order valence-corrected chi connectivity index (χ4v) is 5.89. The average molecular weight is 652 g/mol. The Morgan fingerprint density at radius 1 is 0.667 bits per heavy atom. The van der Waals surface area contributed by atoms with E-state index in [1.165, 1.54) is 18.2 Å². The zero-order chi connectivity index (χ0) is 33.5. The molecule has 0 atom stereocenters. The number of rotatable bonds is 6. The van der Waals surface area contributed by atoms with Gasteiger partial charge in [-0.2, -0.15) is 21.9 Å². The molecule has 5 aromatic rings. The second-order valence-electron chi connectivity index (χ2n) is 8.95. The summed E-state index contributed by atoms with van der Waals surface area (Å²) >= 11 is 0. The summed E-state index contributed by atoms with van der Waals surface area (Å²) in [5, 5.41) is 28.1. The fourth-order valence-electron chi connectivity index (χ4n) is 4.39. The Hall–Kier alpha value is -4.76. The van der Waals surface area contributed by atoms with Crippen LogP contribution in [0.4, 0.5) is 28.4 Å². The van der Waals surface area contributed by atoms with Crippen molar-refractivity contribution in [3.63, 3.8) is 0 Å². The Kier molecular flexibility index (Phi) is 11.1. The van der Waals surface area contributed by atoms with E-state index in [9.17, 15) is 31.0 Å². The molecule has 0 bridgehead atoms. The van der Waals surface area contributed by atoms with Gasteiger partial charge in [0.1, 0.15) is 26.9 Å². The molecular weight excluding hydrogens is 619 g/mol. The zero-order valence-electron chi connectivity index (χ0n) is 25.2. The van der Waals surface area contributed by atoms with Crippen molar-refractivity contribution in [2.24, 2.45) is 20.5 Å². The summed E-state index contributed by atoms with van der Waals surface area (Å²) in [5.74, 6) is -0.506. The van der Waals surface area contributed by atoms with Gasteiger partial charge in [0, 0.05) is 5.39 Å². The van der Waals surface area contributed by atoms with Gasteiger partial charge in [0.25, 0.3) is 20.2 Å². The van der Waals surface area contributed by atoms with Crippen molar-refractivity contribution < 1.29 is 31.0 Å². The minimum atomic E-state index is -4.81. The summed E-state index contributed by atoms with van der Waals surface area (Å²) < 4.78 is 68.7. The lowest BCUT2D eigenvalue weighted by molar-refractivity contribution is 0.480. The third kappa shape index (κ3) is 7.49. The molecule has 0 saturated heterocycles. The highest BCUT2D eigenvalue weighted by atomic mass is 32.2. The first-order valence-electron chi connectivity index (χ1n) is 13.8. The largest absolute Gasteiger partial charge is 0.505 e. The number of aromatic hydroxyl groups is 1. The van der Waals surface area contributed by atoms with Crippen LogP contribution < -0.4 is 5.73 Å². The molecule has 0 aliphatic carbocycles. The third-order valence-electron chi connectivity index (χ3n) is 6.21. The molecule has 5 aromatic carbocycles. The lowest BCUT2D eigenvalue weighted by Crippen LogP contribution is -2.02. The molecule has 236 valence electrons. The molecule has 0 amide bonds. The maximum Gasteiger partial charge on any atom is 0.297 e. The Balaban J connectivity index is 0.00000133. The van der Waals surface area contributed by atoms with Gasteiger partial charge in [-0.05, 0) is 53.6 Å². The molecular formula is C31H33N5O7S2. The quantitative estimate of drug-likeness (QED) is 0.0790. The van der Waals surface area contributed by atoms with Gasteiger partial charge in [-0.1, -0.05) is 76.2 Å². The van der Waals surface area contributed by atoms with Gasteiger partial charge in [0.2, 0.25) is 0 Å². The number of nitrogens with zero attached hydrogens (tertiary/aromatic N) is 4. The molecule has 12 nitrogen and oxygen atoms in total. The molecule has 0 aliphatic heterocycles. The molecule has 0 fully saturated rings. The number of phenolic OH excluding ortho intramolecular Hbond substituents is 1. The standard InChI is InChI=1S/C27H21N5O7S2.2C2H6/c1-15-13-17-14-21(40(34,35)36)25(32-29-18-8-3-2-4-9-18)23(28)22(17)26(33)24(15)31-30-20-12-11-16-7-5-6-10-19(16)27(20)41(37,38)39;2*1-2/h2-14,33H,28H2,1H3,(H,34,35,36)(H,37,38,39);2*1-2H3. The SMILES string of the molecule is CC.CC.Cc1cc2cc(S(=O)(=O)O)c(N=Nc3ccccc3)c(N)c2c(O)c1N=Nc1ccc2ccccc2c1S(=O)(=O)O. The summed E-state index contributed by atoms with van der Waals surface area (Å²) in [6, 6.07) is 20.4. The molecule has 0 radical (unpaired) electrons. The van der Waals surface area contributed by atoms with Crippen LogP contribution in [0.15, 0.2) is 109 Å². The van der Waals surface area contributed by atoms with Crippen LogP contribution in [0.25, 0.3) is 21.5 Å². The molecule has 0 unspecified atom stereocenters. The van der Waals surface area contributed by atoms with E-state index in [-0.39, 0.29) is 33.2 Å². The van der Waals surface area contributed by atoms with Gasteiger partial charge in [-0.25, -0.2) is 0 Å². The Bertz CT molecular complexity index is 2130. The number of hydrogen-bond donors (Lipinski definition) is 4. The lowest BCUT2D eigenvalue weighted by Gasteiger charge is -2.14. The summed E-state index contributed by atoms with van der Waals surface area (Å²) in [6.07, 6.45) is 0. The average Bonchev–Trinajstić information content (AvgIpc) is 3.01. The molecule has 5 N–H and O–H groups in total. The first-order valence-corrected chi connectivity index (χ1v) is 16.7. The minimum Gasteiger partial charge on any atom is -0.505 e. The molecule has 45 heavy (non-hydrogen) atoms. The Morgan fingerprint density at radius 3 is 1.89 bits per heavy atom. The van der Waals surface area contributed by atoms with E-state index in [4.69, 9.17) is 5.73 Å². The van der Waals surface area contributed by atoms with E-state index in [2.05, 4.69) is 20.5 Å². The fraction of sp³-hybridized carbons (Fsp3) is 0.161. The molecule has 0 saturated carbocycles. The van der Waals surface area contributed by atoms with Crippen LogP contribution >= 0.6 is 0 Å². The molecule has 0 aromatic heterocycles. The van der Waals surface area contributed by atoms with Crippen molar-refractivity contribution in [1.29, 1.82) is 0 Å². The van der Waals surface area contributed by atoms with Crippen LogP contribution in [0.1, 0.15) is 33.3 Å². The van der Waals surface area contributed by atoms with E-state index in [1.54, 1.807) is 61.5 Å². The highest BCUT2D eigenvalue weighted by Crippen LogP contribution is 2.47. The van der Waals surface area contributed by atoms with Crippen molar-refractivity contribution in [1.82, 2.24) is 0 Å². The van der Waals surface area contributed by atoms with E-state index >= 15 is 0 Å². The highest BCUT2D eigenvalue weighted by molar-refractivity contribution is 7.86. The molecule has 14 heteroatoms. The second kappa shape index (κ2) is 14.3. The topological polar surface area (TPSA) is 204 Å². The van der Waals surface area contributed by atoms with Gasteiger partial charge < -0.3 is 10.8 Å². The van der Waals surface area contributed by atoms with E-state index < -0.39 is 41.5 Å². The molecule has 0 spiro atoms.